The molecule has 0 saturated carbocycles. The molecule has 4 rings (SSSR count). The number of nitriles is 1. The van der Waals surface area contributed by atoms with E-state index in [1.165, 1.54) is 47.8 Å². The highest BCUT2D eigenvalue weighted by molar-refractivity contribution is 6.30. The van der Waals surface area contributed by atoms with Crippen LogP contribution in [-0.2, 0) is 0 Å². The highest BCUT2D eigenvalue weighted by Crippen LogP contribution is 2.35. The first-order valence-corrected chi connectivity index (χ1v) is 10.5. The number of carbonyl (C=O) groups is 1. The van der Waals surface area contributed by atoms with Crippen molar-refractivity contribution in [2.24, 2.45) is 5.92 Å². The molecule has 0 aliphatic carbocycles. The topological polar surface area (TPSA) is 113 Å². The van der Waals surface area contributed by atoms with E-state index in [1.54, 1.807) is 6.92 Å². The Balaban J connectivity index is 1.68. The molecule has 0 radical (unpaired) electrons. The molecule has 1 aliphatic rings. The number of halogens is 3. The summed E-state index contributed by atoms with van der Waals surface area (Å²) < 4.78 is 29.1. The van der Waals surface area contributed by atoms with E-state index in [0.29, 0.717) is 10.7 Å². The number of piperidine rings is 1. The van der Waals surface area contributed by atoms with Crippen LogP contribution >= 0.6 is 11.6 Å². The Labute approximate surface area is 193 Å². The lowest BCUT2D eigenvalue weighted by Gasteiger charge is -2.43. The molecule has 1 aliphatic heterocycles. The highest BCUT2D eigenvalue weighted by atomic mass is 35.5. The minimum atomic E-state index is -3.06. The van der Waals surface area contributed by atoms with Crippen molar-refractivity contribution in [3.8, 4) is 11.8 Å². The fraction of sp³-hybridized carbons (Fsp3) is 0.333. The molecule has 0 unspecified atom stereocenters. The van der Waals surface area contributed by atoms with Crippen LogP contribution in [-0.4, -0.2) is 60.8 Å². The quantitative estimate of drug-likeness (QED) is 0.606. The van der Waals surface area contributed by atoms with Crippen LogP contribution in [0.15, 0.2) is 43.0 Å². The number of nitrogens with zero attached hydrogens (tertiary/aromatic N) is 7. The number of amides is 1. The van der Waals surface area contributed by atoms with Gasteiger partial charge in [0.25, 0.3) is 11.8 Å². The second kappa shape index (κ2) is 9.07. The van der Waals surface area contributed by atoms with Crippen LogP contribution in [0, 0.1) is 17.2 Å². The van der Waals surface area contributed by atoms with Gasteiger partial charge in [0.2, 0.25) is 5.95 Å². The molecule has 12 heteroatoms. The SMILES string of the molecule is C[C@@H]1CC(F)(F)CN(C(=O)c2cc(C#N)ccc2-n2nccn2)[C@@H]1CNc1ncc(Cl)cn1. The van der Waals surface area contributed by atoms with Gasteiger partial charge in [-0.25, -0.2) is 18.7 Å². The van der Waals surface area contributed by atoms with Crippen LogP contribution in [0.4, 0.5) is 14.7 Å². The number of alkyl halides is 2. The third-order valence-electron chi connectivity index (χ3n) is 5.42. The van der Waals surface area contributed by atoms with Gasteiger partial charge in [-0.05, 0) is 24.1 Å². The molecule has 1 saturated heterocycles. The number of benzene rings is 1. The predicted molar refractivity (Wildman–Crippen MR) is 115 cm³/mol. The number of nitrogens with one attached hydrogen (secondary N) is 1. The summed E-state index contributed by atoms with van der Waals surface area (Å²) in [5.74, 6) is -3.96. The van der Waals surface area contributed by atoms with Gasteiger partial charge in [0.05, 0.1) is 65.3 Å². The first-order chi connectivity index (χ1) is 15.8. The normalized spacial score (nSPS) is 19.7. The van der Waals surface area contributed by atoms with Gasteiger partial charge in [0, 0.05) is 13.0 Å². The van der Waals surface area contributed by atoms with Crippen LogP contribution in [0.5, 0.6) is 0 Å². The van der Waals surface area contributed by atoms with Crippen molar-refractivity contribution >= 4 is 23.5 Å². The van der Waals surface area contributed by atoms with Gasteiger partial charge < -0.3 is 10.2 Å². The minimum Gasteiger partial charge on any atom is -0.352 e. The Kier molecular flexibility index (Phi) is 6.20. The van der Waals surface area contributed by atoms with Crippen LogP contribution in [0.3, 0.4) is 0 Å². The fourth-order valence-electron chi connectivity index (χ4n) is 3.92. The van der Waals surface area contributed by atoms with Crippen molar-refractivity contribution in [1.29, 1.82) is 5.26 Å². The average Bonchev–Trinajstić information content (AvgIpc) is 3.32. The molecular weight excluding hydrogens is 454 g/mol. The molecule has 1 aromatic carbocycles. The van der Waals surface area contributed by atoms with E-state index in [1.807, 2.05) is 6.07 Å². The van der Waals surface area contributed by atoms with E-state index in [-0.39, 0.29) is 30.0 Å². The molecule has 1 N–H and O–H groups in total. The smallest absolute Gasteiger partial charge is 0.265 e. The lowest BCUT2D eigenvalue weighted by atomic mass is 9.87. The number of anilines is 1. The van der Waals surface area contributed by atoms with Crippen molar-refractivity contribution in [2.75, 3.05) is 18.4 Å². The van der Waals surface area contributed by atoms with Crippen molar-refractivity contribution in [3.63, 3.8) is 0 Å². The first-order valence-electron chi connectivity index (χ1n) is 10.1. The van der Waals surface area contributed by atoms with Crippen LogP contribution < -0.4 is 5.32 Å². The maximum Gasteiger partial charge on any atom is 0.265 e. The molecule has 1 amide bonds. The molecule has 2 aromatic heterocycles. The van der Waals surface area contributed by atoms with E-state index in [0.717, 1.165) is 4.90 Å². The largest absolute Gasteiger partial charge is 0.352 e. The average molecular weight is 473 g/mol. The number of carbonyl (C=O) groups excluding carboxylic acids is 1. The molecule has 170 valence electrons. The second-order valence-corrected chi connectivity index (χ2v) is 8.24. The first kappa shape index (κ1) is 22.5. The Bertz CT molecular complexity index is 1180. The van der Waals surface area contributed by atoms with E-state index in [9.17, 15) is 18.8 Å². The third kappa shape index (κ3) is 4.90. The number of rotatable bonds is 5. The van der Waals surface area contributed by atoms with Gasteiger partial charge >= 0.3 is 0 Å². The maximum atomic E-state index is 14.5. The third-order valence-corrected chi connectivity index (χ3v) is 5.62. The van der Waals surface area contributed by atoms with Crippen LogP contribution in [0.2, 0.25) is 5.02 Å². The van der Waals surface area contributed by atoms with E-state index in [4.69, 9.17) is 11.6 Å². The van der Waals surface area contributed by atoms with Gasteiger partial charge in [-0.2, -0.15) is 20.3 Å². The summed E-state index contributed by atoms with van der Waals surface area (Å²) in [6.45, 7) is 1.06. The molecule has 0 bridgehead atoms. The van der Waals surface area contributed by atoms with Crippen molar-refractivity contribution in [1.82, 2.24) is 29.9 Å². The van der Waals surface area contributed by atoms with Gasteiger partial charge in [0.1, 0.15) is 0 Å². The van der Waals surface area contributed by atoms with Crippen molar-refractivity contribution in [2.45, 2.75) is 25.3 Å². The zero-order valence-electron chi connectivity index (χ0n) is 17.5. The number of aromatic nitrogens is 5. The molecule has 1 fully saturated rings. The summed E-state index contributed by atoms with van der Waals surface area (Å²) >= 11 is 5.81. The Morgan fingerprint density at radius 3 is 2.67 bits per heavy atom. The van der Waals surface area contributed by atoms with Crippen molar-refractivity contribution < 1.29 is 13.6 Å². The van der Waals surface area contributed by atoms with Gasteiger partial charge in [-0.15, -0.1) is 0 Å². The zero-order chi connectivity index (χ0) is 23.6. The molecule has 33 heavy (non-hydrogen) atoms. The lowest BCUT2D eigenvalue weighted by Crippen LogP contribution is -2.57. The lowest BCUT2D eigenvalue weighted by molar-refractivity contribution is -0.0897. The van der Waals surface area contributed by atoms with Crippen molar-refractivity contribution in [3.05, 3.63) is 59.1 Å². The fourth-order valence-corrected chi connectivity index (χ4v) is 4.02. The Morgan fingerprint density at radius 2 is 2.00 bits per heavy atom. The van der Waals surface area contributed by atoms with E-state index >= 15 is 0 Å². The summed E-state index contributed by atoms with van der Waals surface area (Å²) in [6, 6.07) is 5.79. The van der Waals surface area contributed by atoms with E-state index < -0.39 is 30.3 Å². The summed E-state index contributed by atoms with van der Waals surface area (Å²) in [5.41, 5.74) is 0.566. The molecule has 3 aromatic rings. The molecule has 9 nitrogen and oxygen atoms in total. The monoisotopic (exact) mass is 472 g/mol. The zero-order valence-corrected chi connectivity index (χ0v) is 18.2. The number of hydrogen-bond donors (Lipinski definition) is 1. The molecule has 2 atom stereocenters. The molecule has 0 spiro atoms. The second-order valence-electron chi connectivity index (χ2n) is 7.81. The summed E-state index contributed by atoms with van der Waals surface area (Å²) in [4.78, 5) is 24.1. The highest BCUT2D eigenvalue weighted by Gasteiger charge is 2.46. The summed E-state index contributed by atoms with van der Waals surface area (Å²) in [5, 5.41) is 20.8. The molecule has 3 heterocycles. The summed E-state index contributed by atoms with van der Waals surface area (Å²) in [7, 11) is 0. The van der Waals surface area contributed by atoms with Crippen LogP contribution in [0.25, 0.3) is 5.69 Å². The van der Waals surface area contributed by atoms with Gasteiger partial charge in [-0.3, -0.25) is 4.79 Å². The van der Waals surface area contributed by atoms with Gasteiger partial charge in [0.15, 0.2) is 0 Å². The summed E-state index contributed by atoms with van der Waals surface area (Å²) in [6.07, 6.45) is 5.32. The Morgan fingerprint density at radius 1 is 1.30 bits per heavy atom. The maximum absolute atomic E-state index is 14.5. The minimum absolute atomic E-state index is 0.0582. The van der Waals surface area contributed by atoms with Crippen LogP contribution in [0.1, 0.15) is 29.3 Å². The predicted octanol–water partition coefficient (Wildman–Crippen LogP) is 3.18. The Hall–Kier alpha value is -3.65. The molecular formula is C21H19ClF2N8O. The van der Waals surface area contributed by atoms with E-state index in [2.05, 4.69) is 25.5 Å². The standard InChI is InChI=1S/C21H19ClF2N8O/c1-13-7-21(23,24)12-31(18(13)11-28-20-26-9-15(22)10-27-20)19(33)16-6-14(8-25)2-3-17(16)32-29-4-5-30-32/h2-6,9-10,13,18H,7,11-12H2,1H3,(H,26,27,28)/t13-,18-/m1/s1. The number of hydrogen-bond acceptors (Lipinski definition) is 7. The van der Waals surface area contributed by atoms with Gasteiger partial charge in [-0.1, -0.05) is 18.5 Å². The number of likely N-dealkylation sites (tertiary alicyclic amines) is 1.